The van der Waals surface area contributed by atoms with Gasteiger partial charge < -0.3 is 15.7 Å². The number of hydrogen-bond acceptors (Lipinski definition) is 4. The maximum absolute atomic E-state index is 12.3. The van der Waals surface area contributed by atoms with Crippen LogP contribution in [0.15, 0.2) is 35.7 Å². The van der Waals surface area contributed by atoms with E-state index in [0.29, 0.717) is 21.3 Å². The van der Waals surface area contributed by atoms with Crippen LogP contribution in [0.25, 0.3) is 0 Å². The van der Waals surface area contributed by atoms with Crippen molar-refractivity contribution >= 4 is 51.4 Å². The summed E-state index contributed by atoms with van der Waals surface area (Å²) < 4.78 is 0. The number of hydrogen-bond donors (Lipinski definition) is 3. The normalized spacial score (nSPS) is 10.2. The Balaban J connectivity index is 1.96. The number of amides is 2. The number of benzene rings is 1. The maximum Gasteiger partial charge on any atom is 0.303 e. The van der Waals surface area contributed by atoms with Crippen LogP contribution in [0.4, 0.5) is 10.7 Å². The molecule has 0 fully saturated rings. The Kier molecular flexibility index (Phi) is 6.34. The smallest absolute Gasteiger partial charge is 0.303 e. The van der Waals surface area contributed by atoms with E-state index in [0.717, 1.165) is 0 Å². The molecule has 126 valence electrons. The van der Waals surface area contributed by atoms with Gasteiger partial charge in [-0.25, -0.2) is 0 Å². The quantitative estimate of drug-likeness (QED) is 0.693. The SMILES string of the molecule is O=C(O)CCCC(=O)Nc1sccc1C(=O)Nc1ccc(Cl)cc1. The zero-order valence-electron chi connectivity index (χ0n) is 12.5. The van der Waals surface area contributed by atoms with Crippen molar-refractivity contribution in [1.82, 2.24) is 0 Å². The van der Waals surface area contributed by atoms with Crippen molar-refractivity contribution in [1.29, 1.82) is 0 Å². The summed E-state index contributed by atoms with van der Waals surface area (Å²) in [6.07, 6.45) is 0.267. The molecule has 24 heavy (non-hydrogen) atoms. The number of nitrogens with one attached hydrogen (secondary N) is 2. The molecule has 2 aromatic rings. The zero-order chi connectivity index (χ0) is 17.5. The first-order valence-electron chi connectivity index (χ1n) is 7.12. The average molecular weight is 367 g/mol. The van der Waals surface area contributed by atoms with E-state index in [4.69, 9.17) is 16.7 Å². The Bertz CT molecular complexity index is 743. The number of carboxylic acid groups (broad SMARTS) is 1. The number of rotatable bonds is 7. The minimum atomic E-state index is -0.943. The summed E-state index contributed by atoms with van der Waals surface area (Å²) in [6.45, 7) is 0. The maximum atomic E-state index is 12.3. The first-order chi connectivity index (χ1) is 11.5. The lowest BCUT2D eigenvalue weighted by atomic mass is 10.2. The van der Waals surface area contributed by atoms with E-state index in [1.54, 1.807) is 35.7 Å². The van der Waals surface area contributed by atoms with Gasteiger partial charge in [-0.3, -0.25) is 14.4 Å². The molecule has 2 amide bonds. The van der Waals surface area contributed by atoms with Crippen LogP contribution >= 0.6 is 22.9 Å². The number of carboxylic acids is 1. The van der Waals surface area contributed by atoms with Gasteiger partial charge in [0.25, 0.3) is 5.91 Å². The second-order valence-electron chi connectivity index (χ2n) is 4.92. The first kappa shape index (κ1) is 18.0. The van der Waals surface area contributed by atoms with Crippen LogP contribution in [-0.4, -0.2) is 22.9 Å². The Hall–Kier alpha value is -2.38. The lowest BCUT2D eigenvalue weighted by Crippen LogP contribution is -2.16. The van der Waals surface area contributed by atoms with Crippen molar-refractivity contribution in [2.45, 2.75) is 19.3 Å². The predicted octanol–water partition coefficient (Wildman–Crippen LogP) is 3.85. The van der Waals surface area contributed by atoms with Crippen LogP contribution in [0.3, 0.4) is 0 Å². The molecule has 0 aliphatic rings. The third-order valence-electron chi connectivity index (χ3n) is 3.06. The van der Waals surface area contributed by atoms with Crippen molar-refractivity contribution < 1.29 is 19.5 Å². The lowest BCUT2D eigenvalue weighted by molar-refractivity contribution is -0.137. The molecule has 0 bridgehead atoms. The highest BCUT2D eigenvalue weighted by atomic mass is 35.5. The van der Waals surface area contributed by atoms with E-state index < -0.39 is 5.97 Å². The monoisotopic (exact) mass is 366 g/mol. The Morgan fingerprint density at radius 3 is 2.42 bits per heavy atom. The van der Waals surface area contributed by atoms with Gasteiger partial charge in [-0.1, -0.05) is 11.6 Å². The highest BCUT2D eigenvalue weighted by molar-refractivity contribution is 7.14. The van der Waals surface area contributed by atoms with Gasteiger partial charge in [-0.2, -0.15) is 0 Å². The molecule has 0 aliphatic carbocycles. The summed E-state index contributed by atoms with van der Waals surface area (Å²) in [5.74, 6) is -1.61. The molecular weight excluding hydrogens is 352 g/mol. The fourth-order valence-corrected chi connectivity index (χ4v) is 2.83. The highest BCUT2D eigenvalue weighted by Gasteiger charge is 2.15. The zero-order valence-corrected chi connectivity index (χ0v) is 14.1. The number of thiophene rings is 1. The third-order valence-corrected chi connectivity index (χ3v) is 4.14. The van der Waals surface area contributed by atoms with Crippen LogP contribution in [0, 0.1) is 0 Å². The fraction of sp³-hybridized carbons (Fsp3) is 0.188. The van der Waals surface area contributed by atoms with Crippen molar-refractivity contribution in [3.8, 4) is 0 Å². The summed E-state index contributed by atoms with van der Waals surface area (Å²) in [7, 11) is 0. The van der Waals surface area contributed by atoms with Gasteiger partial charge in [0.1, 0.15) is 5.00 Å². The molecule has 3 N–H and O–H groups in total. The van der Waals surface area contributed by atoms with Gasteiger partial charge >= 0.3 is 5.97 Å². The predicted molar refractivity (Wildman–Crippen MR) is 93.8 cm³/mol. The van der Waals surface area contributed by atoms with Crippen molar-refractivity contribution in [2.75, 3.05) is 10.6 Å². The molecule has 1 aromatic heterocycles. The van der Waals surface area contributed by atoms with Crippen LogP contribution in [0.2, 0.25) is 5.02 Å². The largest absolute Gasteiger partial charge is 0.481 e. The summed E-state index contributed by atoms with van der Waals surface area (Å²) in [5.41, 5.74) is 0.941. The molecule has 8 heteroatoms. The summed E-state index contributed by atoms with van der Waals surface area (Å²) in [4.78, 5) is 34.6. The second kappa shape index (κ2) is 8.47. The van der Waals surface area contributed by atoms with Crippen LogP contribution in [-0.2, 0) is 9.59 Å². The Morgan fingerprint density at radius 2 is 1.75 bits per heavy atom. The van der Waals surface area contributed by atoms with E-state index in [2.05, 4.69) is 10.6 Å². The van der Waals surface area contributed by atoms with E-state index in [9.17, 15) is 14.4 Å². The molecule has 0 saturated carbocycles. The molecule has 0 aliphatic heterocycles. The van der Waals surface area contributed by atoms with E-state index >= 15 is 0 Å². The van der Waals surface area contributed by atoms with E-state index in [1.807, 2.05) is 0 Å². The molecule has 1 heterocycles. The summed E-state index contributed by atoms with van der Waals surface area (Å²) >= 11 is 7.02. The number of aliphatic carboxylic acids is 1. The standard InChI is InChI=1S/C16H15ClN2O4S/c17-10-4-6-11(7-5-10)18-15(23)12-8-9-24-16(12)19-13(20)2-1-3-14(21)22/h4-9H,1-3H2,(H,18,23)(H,19,20)(H,21,22). The number of anilines is 2. The molecule has 0 saturated heterocycles. The van der Waals surface area contributed by atoms with Gasteiger partial charge in [0.05, 0.1) is 5.56 Å². The molecule has 0 spiro atoms. The summed E-state index contributed by atoms with van der Waals surface area (Å²) in [5, 5.41) is 16.6. The van der Waals surface area contributed by atoms with Gasteiger partial charge in [0.2, 0.25) is 5.91 Å². The molecule has 0 unspecified atom stereocenters. The molecule has 1 aromatic carbocycles. The van der Waals surface area contributed by atoms with Crippen molar-refractivity contribution in [3.05, 3.63) is 46.3 Å². The van der Waals surface area contributed by atoms with Crippen LogP contribution in [0.5, 0.6) is 0 Å². The van der Waals surface area contributed by atoms with E-state index in [1.165, 1.54) is 11.3 Å². The van der Waals surface area contributed by atoms with Crippen molar-refractivity contribution in [3.63, 3.8) is 0 Å². The fourth-order valence-electron chi connectivity index (χ4n) is 1.91. The Morgan fingerprint density at radius 1 is 1.04 bits per heavy atom. The molecule has 2 rings (SSSR count). The minimum Gasteiger partial charge on any atom is -0.481 e. The molecular formula is C16H15ClN2O4S. The minimum absolute atomic E-state index is 0.0677. The average Bonchev–Trinajstić information content (AvgIpc) is 2.97. The van der Waals surface area contributed by atoms with Gasteiger partial charge in [-0.15, -0.1) is 11.3 Å². The summed E-state index contributed by atoms with van der Waals surface area (Å²) in [6, 6.07) is 8.29. The number of halogens is 1. The number of carbonyl (C=O) groups excluding carboxylic acids is 2. The number of carbonyl (C=O) groups is 3. The first-order valence-corrected chi connectivity index (χ1v) is 8.37. The Labute approximate surface area is 147 Å². The van der Waals surface area contributed by atoms with Gasteiger partial charge in [0.15, 0.2) is 0 Å². The van der Waals surface area contributed by atoms with Crippen LogP contribution in [0.1, 0.15) is 29.6 Å². The van der Waals surface area contributed by atoms with E-state index in [-0.39, 0.29) is 31.1 Å². The van der Waals surface area contributed by atoms with Crippen molar-refractivity contribution in [2.24, 2.45) is 0 Å². The molecule has 6 nitrogen and oxygen atoms in total. The van der Waals surface area contributed by atoms with Gasteiger partial charge in [0, 0.05) is 23.6 Å². The second-order valence-corrected chi connectivity index (χ2v) is 6.27. The highest BCUT2D eigenvalue weighted by Crippen LogP contribution is 2.25. The molecule has 0 radical (unpaired) electrons. The lowest BCUT2D eigenvalue weighted by Gasteiger charge is -2.07. The van der Waals surface area contributed by atoms with Crippen LogP contribution < -0.4 is 10.6 Å². The molecule has 0 atom stereocenters. The third kappa shape index (κ3) is 5.36. The van der Waals surface area contributed by atoms with Gasteiger partial charge in [-0.05, 0) is 42.1 Å². The topological polar surface area (TPSA) is 95.5 Å².